The molecule has 4 nitrogen and oxygen atoms in total. The minimum atomic E-state index is 0.438. The molecule has 2 heterocycles. The average molecular weight is 193 g/mol. The first kappa shape index (κ1) is 8.12. The molecule has 0 saturated carbocycles. The lowest BCUT2D eigenvalue weighted by Gasteiger charge is -1.93. The number of aldehydes is 1. The normalized spacial score (nSPS) is 10.2. The van der Waals surface area contributed by atoms with Crippen molar-refractivity contribution >= 4 is 17.6 Å². The molecule has 0 N–H and O–H groups in total. The molecule has 0 saturated heterocycles. The Labute approximate surface area is 78.9 Å². The second-order valence-electron chi connectivity index (χ2n) is 2.56. The van der Waals surface area contributed by atoms with E-state index in [0.717, 1.165) is 17.1 Å². The fraction of sp³-hybridized carbons (Fsp3) is 0.125. The number of carbonyl (C=O) groups is 1. The third-order valence-corrected chi connectivity index (χ3v) is 2.41. The first-order valence-electron chi connectivity index (χ1n) is 3.69. The van der Waals surface area contributed by atoms with Crippen LogP contribution >= 0.6 is 11.3 Å². The number of hydrogen-bond donors (Lipinski definition) is 0. The summed E-state index contributed by atoms with van der Waals surface area (Å²) in [6.07, 6.45) is 4.14. The zero-order chi connectivity index (χ0) is 9.26. The first-order valence-corrected chi connectivity index (χ1v) is 4.57. The summed E-state index contributed by atoms with van der Waals surface area (Å²) >= 11 is 1.50. The highest BCUT2D eigenvalue weighted by atomic mass is 32.1. The summed E-state index contributed by atoms with van der Waals surface area (Å²) in [5, 5.41) is 2.71. The summed E-state index contributed by atoms with van der Waals surface area (Å²) in [5.41, 5.74) is 0.438. The van der Waals surface area contributed by atoms with Crippen molar-refractivity contribution in [2.45, 2.75) is 0 Å². The zero-order valence-corrected chi connectivity index (χ0v) is 7.78. The van der Waals surface area contributed by atoms with Crippen molar-refractivity contribution in [3.63, 3.8) is 0 Å². The molecule has 66 valence electrons. The zero-order valence-electron chi connectivity index (χ0n) is 6.97. The smallest absolute Gasteiger partial charge is 0.170 e. The quantitative estimate of drug-likeness (QED) is 0.676. The van der Waals surface area contributed by atoms with Crippen molar-refractivity contribution in [3.05, 3.63) is 23.5 Å². The molecule has 2 aromatic heterocycles. The van der Waals surface area contributed by atoms with Gasteiger partial charge in [-0.3, -0.25) is 4.79 Å². The van der Waals surface area contributed by atoms with Gasteiger partial charge in [-0.1, -0.05) is 0 Å². The maximum Gasteiger partial charge on any atom is 0.170 e. The molecule has 13 heavy (non-hydrogen) atoms. The number of rotatable bonds is 2. The number of carbonyl (C=O) groups excluding carboxylic acids is 1. The van der Waals surface area contributed by atoms with Gasteiger partial charge < -0.3 is 4.57 Å². The Kier molecular flexibility index (Phi) is 1.94. The van der Waals surface area contributed by atoms with Gasteiger partial charge >= 0.3 is 0 Å². The topological polar surface area (TPSA) is 47.8 Å². The molecule has 0 aliphatic rings. The Morgan fingerprint density at radius 1 is 1.62 bits per heavy atom. The van der Waals surface area contributed by atoms with Crippen LogP contribution in [0.3, 0.4) is 0 Å². The molecule has 0 atom stereocenters. The summed E-state index contributed by atoms with van der Waals surface area (Å²) in [4.78, 5) is 18.7. The second kappa shape index (κ2) is 3.10. The van der Waals surface area contributed by atoms with Gasteiger partial charge in [-0.05, 0) is 0 Å². The van der Waals surface area contributed by atoms with Crippen LogP contribution in [0.1, 0.15) is 10.5 Å². The lowest BCUT2D eigenvalue weighted by molar-refractivity contribution is 0.111. The van der Waals surface area contributed by atoms with Gasteiger partial charge in [-0.2, -0.15) is 0 Å². The van der Waals surface area contributed by atoms with E-state index >= 15 is 0 Å². The van der Waals surface area contributed by atoms with Gasteiger partial charge in [0.2, 0.25) is 0 Å². The third kappa shape index (κ3) is 1.38. The SMILES string of the molecule is Cn1cc(C=O)nc1-c1nccs1. The van der Waals surface area contributed by atoms with Gasteiger partial charge in [0.15, 0.2) is 17.1 Å². The minimum absolute atomic E-state index is 0.438. The van der Waals surface area contributed by atoms with Crippen molar-refractivity contribution in [1.82, 2.24) is 14.5 Å². The van der Waals surface area contributed by atoms with Gasteiger partial charge in [0.25, 0.3) is 0 Å². The number of aromatic nitrogens is 3. The van der Waals surface area contributed by atoms with Gasteiger partial charge in [-0.15, -0.1) is 11.3 Å². The molecule has 0 radical (unpaired) electrons. The van der Waals surface area contributed by atoms with Crippen molar-refractivity contribution in [1.29, 1.82) is 0 Å². The van der Waals surface area contributed by atoms with Crippen LogP contribution in [0.2, 0.25) is 0 Å². The fourth-order valence-corrected chi connectivity index (χ4v) is 1.75. The molecule has 2 rings (SSSR count). The predicted octanol–water partition coefficient (Wildman–Crippen LogP) is 1.36. The van der Waals surface area contributed by atoms with Crippen molar-refractivity contribution in [3.8, 4) is 10.8 Å². The van der Waals surface area contributed by atoms with Crippen molar-refractivity contribution in [2.75, 3.05) is 0 Å². The highest BCUT2D eigenvalue weighted by Gasteiger charge is 2.08. The van der Waals surface area contributed by atoms with Gasteiger partial charge in [-0.25, -0.2) is 9.97 Å². The molecule has 0 aliphatic carbocycles. The molecule has 0 spiro atoms. The standard InChI is InChI=1S/C8H7N3OS/c1-11-4-6(5-12)10-7(11)8-9-2-3-13-8/h2-5H,1H3. The van der Waals surface area contributed by atoms with Crippen LogP contribution in [0.5, 0.6) is 0 Å². The van der Waals surface area contributed by atoms with Crippen LogP contribution in [0.15, 0.2) is 17.8 Å². The molecule has 0 aromatic carbocycles. The van der Waals surface area contributed by atoms with E-state index in [0.29, 0.717) is 5.69 Å². The van der Waals surface area contributed by atoms with Crippen LogP contribution in [-0.2, 0) is 7.05 Å². The maximum atomic E-state index is 10.4. The molecule has 0 amide bonds. The minimum Gasteiger partial charge on any atom is -0.331 e. The van der Waals surface area contributed by atoms with E-state index in [1.54, 1.807) is 17.0 Å². The Hall–Kier alpha value is -1.49. The van der Waals surface area contributed by atoms with E-state index in [1.807, 2.05) is 12.4 Å². The molecular weight excluding hydrogens is 186 g/mol. The predicted molar refractivity (Wildman–Crippen MR) is 49.7 cm³/mol. The monoisotopic (exact) mass is 193 g/mol. The summed E-state index contributed by atoms with van der Waals surface area (Å²) in [7, 11) is 1.84. The lowest BCUT2D eigenvalue weighted by Crippen LogP contribution is -1.89. The van der Waals surface area contributed by atoms with Crippen LogP contribution in [0.25, 0.3) is 10.8 Å². The molecule has 0 fully saturated rings. The molecule has 0 unspecified atom stereocenters. The molecular formula is C8H7N3OS. The van der Waals surface area contributed by atoms with Crippen LogP contribution in [0, 0.1) is 0 Å². The van der Waals surface area contributed by atoms with E-state index in [-0.39, 0.29) is 0 Å². The number of hydrogen-bond acceptors (Lipinski definition) is 4. The third-order valence-electron chi connectivity index (χ3n) is 1.64. The second-order valence-corrected chi connectivity index (χ2v) is 3.45. The summed E-state index contributed by atoms with van der Waals surface area (Å²) in [5.74, 6) is 0.733. The Balaban J connectivity index is 2.52. The molecule has 0 bridgehead atoms. The Morgan fingerprint density at radius 3 is 3.00 bits per heavy atom. The Morgan fingerprint density at radius 2 is 2.46 bits per heavy atom. The largest absolute Gasteiger partial charge is 0.331 e. The Bertz CT molecular complexity index is 419. The van der Waals surface area contributed by atoms with Crippen LogP contribution in [0.4, 0.5) is 0 Å². The molecule has 0 aliphatic heterocycles. The van der Waals surface area contributed by atoms with Crippen molar-refractivity contribution < 1.29 is 4.79 Å². The van der Waals surface area contributed by atoms with E-state index in [9.17, 15) is 4.79 Å². The van der Waals surface area contributed by atoms with E-state index in [2.05, 4.69) is 9.97 Å². The van der Waals surface area contributed by atoms with Gasteiger partial charge in [0.1, 0.15) is 5.69 Å². The molecule has 5 heteroatoms. The molecule has 2 aromatic rings. The summed E-state index contributed by atoms with van der Waals surface area (Å²) < 4.78 is 1.79. The van der Waals surface area contributed by atoms with Gasteiger partial charge in [0, 0.05) is 24.8 Å². The highest BCUT2D eigenvalue weighted by Crippen LogP contribution is 2.19. The average Bonchev–Trinajstić information content (AvgIpc) is 2.72. The highest BCUT2D eigenvalue weighted by molar-refractivity contribution is 7.13. The number of thiazole rings is 1. The maximum absolute atomic E-state index is 10.4. The van der Waals surface area contributed by atoms with E-state index in [1.165, 1.54) is 11.3 Å². The lowest BCUT2D eigenvalue weighted by atomic mass is 10.5. The number of aryl methyl sites for hydroxylation is 1. The van der Waals surface area contributed by atoms with Gasteiger partial charge in [0.05, 0.1) is 0 Å². The number of imidazole rings is 1. The first-order chi connectivity index (χ1) is 6.31. The summed E-state index contributed by atoms with van der Waals surface area (Å²) in [6.45, 7) is 0. The van der Waals surface area contributed by atoms with Crippen LogP contribution < -0.4 is 0 Å². The van der Waals surface area contributed by atoms with Crippen LogP contribution in [-0.4, -0.2) is 20.8 Å². The number of nitrogens with zero attached hydrogens (tertiary/aromatic N) is 3. The fourth-order valence-electron chi connectivity index (χ4n) is 1.08. The summed E-state index contributed by atoms with van der Waals surface area (Å²) in [6, 6.07) is 0. The van der Waals surface area contributed by atoms with E-state index < -0.39 is 0 Å². The van der Waals surface area contributed by atoms with E-state index in [4.69, 9.17) is 0 Å². The van der Waals surface area contributed by atoms with Crippen molar-refractivity contribution in [2.24, 2.45) is 7.05 Å².